The molecule has 134 valence electrons. The lowest BCUT2D eigenvalue weighted by atomic mass is 10.2. The molecule has 3 aromatic rings. The van der Waals surface area contributed by atoms with Gasteiger partial charge in [0.2, 0.25) is 11.7 Å². The number of hydrogen-bond acceptors (Lipinski definition) is 5. The first-order chi connectivity index (χ1) is 12.7. The number of nitrogens with zero attached hydrogens (tertiary/aromatic N) is 3. The van der Waals surface area contributed by atoms with E-state index >= 15 is 0 Å². The molecule has 0 radical (unpaired) electrons. The summed E-state index contributed by atoms with van der Waals surface area (Å²) in [7, 11) is 1.67. The van der Waals surface area contributed by atoms with E-state index in [4.69, 9.17) is 9.26 Å². The van der Waals surface area contributed by atoms with Gasteiger partial charge in [-0.05, 0) is 54.8 Å². The van der Waals surface area contributed by atoms with Crippen molar-refractivity contribution in [3.8, 4) is 17.1 Å². The monoisotopic (exact) mass is 353 g/mol. The van der Waals surface area contributed by atoms with Gasteiger partial charge in [0.15, 0.2) is 0 Å². The van der Waals surface area contributed by atoms with Crippen molar-refractivity contribution < 1.29 is 13.7 Å². The molecule has 1 saturated carbocycles. The Morgan fingerprint density at radius 3 is 2.46 bits per heavy atom. The lowest BCUT2D eigenvalue weighted by Crippen LogP contribution is -2.25. The highest BCUT2D eigenvalue weighted by molar-refractivity contribution is 5.53. The Morgan fingerprint density at radius 1 is 1.08 bits per heavy atom. The second-order valence-electron chi connectivity index (χ2n) is 6.50. The predicted molar refractivity (Wildman–Crippen MR) is 95.0 cm³/mol. The molecule has 0 atom stereocenters. The highest BCUT2D eigenvalue weighted by Crippen LogP contribution is 2.30. The van der Waals surface area contributed by atoms with Crippen molar-refractivity contribution >= 4 is 0 Å². The molecular formula is C20H20FN3O2. The van der Waals surface area contributed by atoms with Gasteiger partial charge in [-0.2, -0.15) is 4.98 Å². The maximum absolute atomic E-state index is 13.1. The van der Waals surface area contributed by atoms with Crippen molar-refractivity contribution in [1.29, 1.82) is 0 Å². The minimum atomic E-state index is -0.281. The van der Waals surface area contributed by atoms with E-state index in [2.05, 4.69) is 27.2 Å². The van der Waals surface area contributed by atoms with Crippen molar-refractivity contribution in [1.82, 2.24) is 15.0 Å². The number of benzene rings is 2. The third-order valence-electron chi connectivity index (χ3n) is 4.52. The molecule has 0 bridgehead atoms. The van der Waals surface area contributed by atoms with Gasteiger partial charge in [0.25, 0.3) is 0 Å². The minimum absolute atomic E-state index is 0.281. The smallest absolute Gasteiger partial charge is 0.241 e. The summed E-state index contributed by atoms with van der Waals surface area (Å²) in [6, 6.07) is 14.7. The molecule has 0 saturated heterocycles. The third-order valence-corrected chi connectivity index (χ3v) is 4.52. The summed E-state index contributed by atoms with van der Waals surface area (Å²) < 4.78 is 23.7. The van der Waals surface area contributed by atoms with Crippen molar-refractivity contribution in [2.45, 2.75) is 32.0 Å². The highest BCUT2D eigenvalue weighted by Gasteiger charge is 2.30. The van der Waals surface area contributed by atoms with Crippen LogP contribution < -0.4 is 4.74 Å². The zero-order valence-electron chi connectivity index (χ0n) is 14.6. The van der Waals surface area contributed by atoms with E-state index in [0.717, 1.165) is 17.9 Å². The molecule has 6 heteroatoms. The van der Waals surface area contributed by atoms with Crippen molar-refractivity contribution in [2.75, 3.05) is 7.11 Å². The molecule has 1 heterocycles. The fraction of sp³-hybridized carbons (Fsp3) is 0.300. The number of halogens is 1. The van der Waals surface area contributed by atoms with Gasteiger partial charge in [-0.15, -0.1) is 0 Å². The molecule has 0 aliphatic heterocycles. The Hall–Kier alpha value is -2.73. The summed E-state index contributed by atoms with van der Waals surface area (Å²) in [6.45, 7) is 1.42. The molecule has 2 aromatic carbocycles. The Bertz CT molecular complexity index is 858. The van der Waals surface area contributed by atoms with Gasteiger partial charge >= 0.3 is 0 Å². The van der Waals surface area contributed by atoms with Gasteiger partial charge < -0.3 is 9.26 Å². The van der Waals surface area contributed by atoms with Crippen LogP contribution in [0.1, 0.15) is 24.3 Å². The van der Waals surface area contributed by atoms with E-state index in [1.165, 1.54) is 30.5 Å². The second-order valence-corrected chi connectivity index (χ2v) is 6.50. The average molecular weight is 353 g/mol. The lowest BCUT2D eigenvalue weighted by Gasteiger charge is -2.20. The summed E-state index contributed by atoms with van der Waals surface area (Å²) in [4.78, 5) is 6.82. The van der Waals surface area contributed by atoms with Crippen molar-refractivity contribution in [3.05, 3.63) is 65.8 Å². The molecule has 0 spiro atoms. The Kier molecular flexibility index (Phi) is 4.67. The molecule has 1 aliphatic carbocycles. The molecule has 4 rings (SSSR count). The molecule has 0 unspecified atom stereocenters. The quantitative estimate of drug-likeness (QED) is 0.641. The number of ether oxygens (including phenoxy) is 1. The molecule has 0 amide bonds. The summed E-state index contributed by atoms with van der Waals surface area (Å²) >= 11 is 0. The molecule has 26 heavy (non-hydrogen) atoms. The van der Waals surface area contributed by atoms with E-state index in [1.54, 1.807) is 19.2 Å². The summed E-state index contributed by atoms with van der Waals surface area (Å²) in [5, 5.41) is 4.03. The SMILES string of the molecule is COc1ccc(CN(Cc2nc(-c3ccc(F)cc3)no2)C2CC2)cc1. The number of aromatic nitrogens is 2. The fourth-order valence-electron chi connectivity index (χ4n) is 2.93. The molecule has 5 nitrogen and oxygen atoms in total. The lowest BCUT2D eigenvalue weighted by molar-refractivity contribution is 0.209. The van der Waals surface area contributed by atoms with Crippen LogP contribution in [0.15, 0.2) is 53.1 Å². The van der Waals surface area contributed by atoms with Gasteiger partial charge in [-0.3, -0.25) is 4.90 Å². The fourth-order valence-corrected chi connectivity index (χ4v) is 2.93. The Morgan fingerprint density at radius 2 is 1.81 bits per heavy atom. The third kappa shape index (κ3) is 3.91. The Labute approximate surface area is 151 Å². The van der Waals surface area contributed by atoms with Crippen molar-refractivity contribution in [2.24, 2.45) is 0 Å². The predicted octanol–water partition coefficient (Wildman–Crippen LogP) is 4.05. The van der Waals surface area contributed by atoms with Crippen LogP contribution in [-0.2, 0) is 13.1 Å². The highest BCUT2D eigenvalue weighted by atomic mass is 19.1. The van der Waals surface area contributed by atoms with E-state index < -0.39 is 0 Å². The first-order valence-electron chi connectivity index (χ1n) is 8.67. The van der Waals surface area contributed by atoms with Crippen LogP contribution in [0, 0.1) is 5.82 Å². The zero-order valence-corrected chi connectivity index (χ0v) is 14.6. The van der Waals surface area contributed by atoms with Crippen LogP contribution in [0.4, 0.5) is 4.39 Å². The Balaban J connectivity index is 1.46. The summed E-state index contributed by atoms with van der Waals surface area (Å²) in [5.41, 5.74) is 1.96. The van der Waals surface area contributed by atoms with Crippen LogP contribution in [0.5, 0.6) is 5.75 Å². The van der Waals surface area contributed by atoms with E-state index in [0.29, 0.717) is 24.3 Å². The van der Waals surface area contributed by atoms with Crippen LogP contribution in [0.2, 0.25) is 0 Å². The van der Waals surface area contributed by atoms with Crippen molar-refractivity contribution in [3.63, 3.8) is 0 Å². The average Bonchev–Trinajstić information content (AvgIpc) is 3.42. The molecule has 1 aromatic heterocycles. The van der Waals surface area contributed by atoms with Crippen LogP contribution >= 0.6 is 0 Å². The van der Waals surface area contributed by atoms with Gasteiger partial charge in [0.1, 0.15) is 11.6 Å². The molecule has 0 N–H and O–H groups in total. The van der Waals surface area contributed by atoms with Crippen LogP contribution in [0.3, 0.4) is 0 Å². The standard InChI is InChI=1S/C20H20FN3O2/c1-25-18-10-2-14(3-11-18)12-24(17-8-9-17)13-19-22-20(23-26-19)15-4-6-16(21)7-5-15/h2-7,10-11,17H,8-9,12-13H2,1H3. The summed E-state index contributed by atoms with van der Waals surface area (Å²) in [6.07, 6.45) is 2.38. The zero-order chi connectivity index (χ0) is 17.9. The van der Waals surface area contributed by atoms with Crippen LogP contribution in [-0.4, -0.2) is 28.2 Å². The molecule has 1 fully saturated rings. The number of rotatable bonds is 7. The first kappa shape index (κ1) is 16.7. The summed E-state index contributed by atoms with van der Waals surface area (Å²) in [5.74, 6) is 1.63. The maximum atomic E-state index is 13.1. The molecular weight excluding hydrogens is 333 g/mol. The van der Waals surface area contributed by atoms with Gasteiger partial charge in [-0.1, -0.05) is 17.3 Å². The van der Waals surface area contributed by atoms with Gasteiger partial charge in [-0.25, -0.2) is 4.39 Å². The largest absolute Gasteiger partial charge is 0.497 e. The normalized spacial score (nSPS) is 14.0. The number of methoxy groups -OCH3 is 1. The van der Waals surface area contributed by atoms with Gasteiger partial charge in [0.05, 0.1) is 13.7 Å². The first-order valence-corrected chi connectivity index (χ1v) is 8.67. The van der Waals surface area contributed by atoms with E-state index in [9.17, 15) is 4.39 Å². The topological polar surface area (TPSA) is 51.4 Å². The van der Waals surface area contributed by atoms with E-state index in [-0.39, 0.29) is 5.82 Å². The van der Waals surface area contributed by atoms with Crippen LogP contribution in [0.25, 0.3) is 11.4 Å². The maximum Gasteiger partial charge on any atom is 0.241 e. The van der Waals surface area contributed by atoms with Gasteiger partial charge in [0, 0.05) is 18.2 Å². The molecule has 1 aliphatic rings. The minimum Gasteiger partial charge on any atom is -0.497 e. The second kappa shape index (κ2) is 7.25. The van der Waals surface area contributed by atoms with E-state index in [1.807, 2.05) is 12.1 Å². The number of hydrogen-bond donors (Lipinski definition) is 0.